The van der Waals surface area contributed by atoms with Gasteiger partial charge < -0.3 is 19.8 Å². The van der Waals surface area contributed by atoms with E-state index >= 15 is 0 Å². The summed E-state index contributed by atoms with van der Waals surface area (Å²) in [5, 5.41) is 4.97. The first-order valence-corrected chi connectivity index (χ1v) is 11.6. The van der Waals surface area contributed by atoms with Gasteiger partial charge in [-0.25, -0.2) is 8.99 Å². The van der Waals surface area contributed by atoms with E-state index in [1.807, 2.05) is 6.66 Å². The van der Waals surface area contributed by atoms with Gasteiger partial charge in [-0.05, 0) is 42.6 Å². The second kappa shape index (κ2) is 10.3. The van der Waals surface area contributed by atoms with Crippen LogP contribution >= 0.6 is 17.1 Å². The Balaban J connectivity index is 2.72. The average molecular weight is 410 g/mol. The second-order valence-electron chi connectivity index (χ2n) is 7.08. The molecule has 150 valence electrons. The summed E-state index contributed by atoms with van der Waals surface area (Å²) < 4.78 is 18.4. The number of rotatable bonds is 7. The van der Waals surface area contributed by atoms with Crippen molar-refractivity contribution in [2.24, 2.45) is 0 Å². The molecule has 0 aromatic heterocycles. The third-order valence-corrected chi connectivity index (χ3v) is 4.65. The highest BCUT2D eigenvalue weighted by atomic mass is 31.2. The number of ether oxygens (including phenoxy) is 1. The van der Waals surface area contributed by atoms with Gasteiger partial charge in [0, 0.05) is 25.8 Å². The Morgan fingerprint density at radius 2 is 1.92 bits per heavy atom. The first-order chi connectivity index (χ1) is 12.0. The van der Waals surface area contributed by atoms with Gasteiger partial charge in [0.2, 0.25) is 11.8 Å². The third kappa shape index (κ3) is 8.56. The maximum absolute atomic E-state index is 13.1. The van der Waals surface area contributed by atoms with Gasteiger partial charge in [-0.2, -0.15) is 0 Å². The molecule has 1 aliphatic rings. The summed E-state index contributed by atoms with van der Waals surface area (Å²) >= 11 is 0. The van der Waals surface area contributed by atoms with Crippen molar-refractivity contribution in [2.75, 3.05) is 39.5 Å². The van der Waals surface area contributed by atoms with E-state index in [-0.39, 0.29) is 33.8 Å². The van der Waals surface area contributed by atoms with Crippen LogP contribution in [0.3, 0.4) is 0 Å². The number of halogens is 1. The van der Waals surface area contributed by atoms with Crippen LogP contribution in [0, 0.1) is 0 Å². The molecule has 1 rings (SSSR count). The van der Waals surface area contributed by atoms with Crippen molar-refractivity contribution in [1.82, 2.24) is 20.0 Å². The first kappa shape index (κ1) is 23.0. The summed E-state index contributed by atoms with van der Waals surface area (Å²) in [6, 6.07) is -0.165. The number of hydrogen-bond acceptors (Lipinski definition) is 5. The second-order valence-corrected chi connectivity index (χ2v) is 9.01. The lowest BCUT2D eigenvalue weighted by Crippen LogP contribution is -2.47. The highest BCUT2D eigenvalue weighted by Gasteiger charge is 2.34. The lowest BCUT2D eigenvalue weighted by Gasteiger charge is -2.28. The molecule has 0 bridgehead atoms. The summed E-state index contributed by atoms with van der Waals surface area (Å²) in [6.07, 6.45) is 0.204. The molecule has 2 N–H and O–H groups in total. The van der Waals surface area contributed by atoms with Crippen LogP contribution in [-0.2, 0) is 14.3 Å². The molecule has 0 aliphatic carbocycles. The molecule has 0 aromatic carbocycles. The molecule has 11 heteroatoms. The van der Waals surface area contributed by atoms with Crippen LogP contribution in [0.25, 0.3) is 0 Å². The van der Waals surface area contributed by atoms with E-state index < -0.39 is 26.0 Å². The smallest absolute Gasteiger partial charge is 0.410 e. The van der Waals surface area contributed by atoms with E-state index in [1.165, 1.54) is 6.66 Å². The lowest BCUT2D eigenvalue weighted by molar-refractivity contribution is -0.124. The monoisotopic (exact) mass is 410 g/mol. The van der Waals surface area contributed by atoms with Gasteiger partial charge in [0.1, 0.15) is 5.60 Å². The molecule has 1 aliphatic heterocycles. The molecule has 0 spiro atoms. The fourth-order valence-corrected chi connectivity index (χ4v) is 3.37. The molecule has 0 saturated carbocycles. The minimum absolute atomic E-state index is 0.0228. The van der Waals surface area contributed by atoms with E-state index in [0.717, 1.165) is 0 Å². The van der Waals surface area contributed by atoms with Crippen molar-refractivity contribution in [3.8, 4) is 0 Å². The summed E-state index contributed by atoms with van der Waals surface area (Å²) in [7, 11) is -1.80. The van der Waals surface area contributed by atoms with Crippen LogP contribution in [-0.4, -0.2) is 78.9 Å². The van der Waals surface area contributed by atoms with Crippen LogP contribution in [0.1, 0.15) is 27.2 Å². The number of nitrogens with one attached hydrogen (secondary N) is 2. The molecular weight excluding hydrogens is 381 g/mol. The predicted molar refractivity (Wildman–Crippen MR) is 102 cm³/mol. The number of nitrogens with zero attached hydrogens (tertiary/aromatic N) is 2. The molecule has 26 heavy (non-hydrogen) atoms. The van der Waals surface area contributed by atoms with Gasteiger partial charge in [-0.1, -0.05) is 0 Å². The van der Waals surface area contributed by atoms with E-state index in [9.17, 15) is 18.6 Å². The van der Waals surface area contributed by atoms with Gasteiger partial charge >= 0.3 is 6.09 Å². The Morgan fingerprint density at radius 1 is 1.31 bits per heavy atom. The van der Waals surface area contributed by atoms with Crippen LogP contribution in [0.15, 0.2) is 0 Å². The molecule has 3 amide bonds. The van der Waals surface area contributed by atoms with E-state index in [2.05, 4.69) is 10.2 Å². The zero-order chi connectivity index (χ0) is 19.9. The highest BCUT2D eigenvalue weighted by Crippen LogP contribution is 2.25. The molecule has 1 fully saturated rings. The van der Waals surface area contributed by atoms with E-state index in [1.54, 1.807) is 30.6 Å². The number of hydrogen-bond donors (Lipinski definition) is 2. The Kier molecular flexibility index (Phi) is 9.14. The average Bonchev–Trinajstić information content (AvgIpc) is 2.93. The van der Waals surface area contributed by atoms with Crippen molar-refractivity contribution in [3.05, 3.63) is 0 Å². The summed E-state index contributed by atoms with van der Waals surface area (Å²) in [6.45, 7) is 9.29. The van der Waals surface area contributed by atoms with Crippen molar-refractivity contribution < 1.29 is 23.3 Å². The molecule has 0 aromatic rings. The SMILES string of the molecule is CPNC(=O)CN(CC(=O)NP(C)F)C1CCN(C(=O)OC(C)(C)C)C1. The van der Waals surface area contributed by atoms with E-state index in [4.69, 9.17) is 4.74 Å². The Bertz CT molecular complexity index is 516. The maximum atomic E-state index is 13.1. The van der Waals surface area contributed by atoms with Gasteiger partial charge in [0.15, 0.2) is 8.38 Å². The van der Waals surface area contributed by atoms with Crippen LogP contribution in [0.4, 0.5) is 8.99 Å². The molecule has 1 heterocycles. The Hall–Kier alpha value is -1.04. The lowest BCUT2D eigenvalue weighted by atomic mass is 10.2. The number of likely N-dealkylation sites (tertiary alicyclic amines) is 1. The van der Waals surface area contributed by atoms with Gasteiger partial charge in [-0.3, -0.25) is 14.5 Å². The fraction of sp³-hybridized carbons (Fsp3) is 0.800. The minimum Gasteiger partial charge on any atom is -0.444 e. The number of carbonyl (C=O) groups excluding carboxylic acids is 3. The van der Waals surface area contributed by atoms with Gasteiger partial charge in [-0.15, -0.1) is 0 Å². The highest BCUT2D eigenvalue weighted by molar-refractivity contribution is 7.49. The molecule has 3 atom stereocenters. The van der Waals surface area contributed by atoms with Gasteiger partial charge in [0.25, 0.3) is 0 Å². The van der Waals surface area contributed by atoms with Crippen LogP contribution in [0.5, 0.6) is 0 Å². The quantitative estimate of drug-likeness (QED) is 0.623. The molecule has 1 saturated heterocycles. The van der Waals surface area contributed by atoms with Crippen molar-refractivity contribution in [1.29, 1.82) is 0 Å². The minimum atomic E-state index is -2.05. The largest absolute Gasteiger partial charge is 0.444 e. The summed E-state index contributed by atoms with van der Waals surface area (Å²) in [4.78, 5) is 39.4. The summed E-state index contributed by atoms with van der Waals surface area (Å²) in [5.41, 5.74) is -0.587. The zero-order valence-electron chi connectivity index (χ0n) is 16.0. The maximum Gasteiger partial charge on any atom is 0.410 e. The first-order valence-electron chi connectivity index (χ1n) is 8.38. The Morgan fingerprint density at radius 3 is 2.46 bits per heavy atom. The molecule has 0 radical (unpaired) electrons. The molecule has 8 nitrogen and oxygen atoms in total. The standard InChI is InChI=1S/C15H29FN4O4P2/c1-15(2,3)24-14(23)19-7-6-11(8-19)20(9-12(21)17-25-4)10-13(22)18-26(5)16/h11,25H,6-10H2,1-5H3,(H,17,21)(H,18,22). The molecule has 3 unspecified atom stereocenters. The third-order valence-electron chi connectivity index (χ3n) is 3.57. The van der Waals surface area contributed by atoms with Crippen molar-refractivity contribution in [3.63, 3.8) is 0 Å². The van der Waals surface area contributed by atoms with E-state index in [0.29, 0.717) is 19.5 Å². The van der Waals surface area contributed by atoms with Crippen LogP contribution in [0.2, 0.25) is 0 Å². The number of carbonyl (C=O) groups is 3. The topological polar surface area (TPSA) is 91.0 Å². The normalized spacial score (nSPS) is 19.0. The van der Waals surface area contributed by atoms with Crippen molar-refractivity contribution in [2.45, 2.75) is 38.8 Å². The van der Waals surface area contributed by atoms with Crippen LogP contribution < -0.4 is 10.2 Å². The Labute approximate surface area is 157 Å². The summed E-state index contributed by atoms with van der Waals surface area (Å²) in [5.74, 6) is -0.670. The number of amides is 3. The fourth-order valence-electron chi connectivity index (χ4n) is 2.60. The predicted octanol–water partition coefficient (Wildman–Crippen LogP) is 1.66. The molecular formula is C15H29FN4O4P2. The van der Waals surface area contributed by atoms with Gasteiger partial charge in [0.05, 0.1) is 13.1 Å². The zero-order valence-corrected chi connectivity index (χ0v) is 17.9. The van der Waals surface area contributed by atoms with Crippen molar-refractivity contribution >= 4 is 35.0 Å².